The molecular weight excluding hydrogens is 388 g/mol. The Morgan fingerprint density at radius 3 is 2.67 bits per heavy atom. The van der Waals surface area contributed by atoms with Gasteiger partial charge in [-0.3, -0.25) is 24.5 Å². The lowest BCUT2D eigenvalue weighted by Crippen LogP contribution is -2.22. The van der Waals surface area contributed by atoms with E-state index in [0.717, 1.165) is 4.57 Å². The number of non-ortho nitro benzene ring substituents is 1. The van der Waals surface area contributed by atoms with Crippen molar-refractivity contribution in [1.82, 2.24) is 9.55 Å². The van der Waals surface area contributed by atoms with Gasteiger partial charge in [-0.05, 0) is 37.1 Å². The lowest BCUT2D eigenvalue weighted by atomic mass is 10.1. The zero-order chi connectivity index (χ0) is 21.8. The van der Waals surface area contributed by atoms with Crippen LogP contribution in [0.5, 0.6) is 5.88 Å². The molecule has 1 aromatic carbocycles. The monoisotopic (exact) mass is 404 g/mol. The van der Waals surface area contributed by atoms with Crippen LogP contribution in [-0.4, -0.2) is 19.6 Å². The third kappa shape index (κ3) is 3.90. The van der Waals surface area contributed by atoms with E-state index < -0.39 is 16.4 Å². The molecule has 0 aliphatic carbocycles. The quantitative estimate of drug-likeness (QED) is 0.388. The zero-order valence-electron chi connectivity index (χ0n) is 16.1. The molecule has 0 unspecified atom stereocenters. The largest absolute Gasteiger partial charge is 0.493 e. The van der Waals surface area contributed by atoms with Gasteiger partial charge in [0.2, 0.25) is 5.88 Å². The Morgan fingerprint density at radius 1 is 1.30 bits per heavy atom. The molecule has 1 N–H and O–H groups in total. The van der Waals surface area contributed by atoms with E-state index in [2.05, 4.69) is 15.2 Å². The normalized spacial score (nSPS) is 10.8. The summed E-state index contributed by atoms with van der Waals surface area (Å²) in [5.74, 6) is -0.464. The molecule has 0 saturated heterocycles. The topological polar surface area (TPSA) is 147 Å². The first-order chi connectivity index (χ1) is 14.3. The highest BCUT2D eigenvalue weighted by molar-refractivity contribution is 5.57. The average Bonchev–Trinajstić information content (AvgIpc) is 2.73. The Balaban J connectivity index is 2.10. The van der Waals surface area contributed by atoms with E-state index in [9.17, 15) is 25.3 Å². The molecule has 0 spiro atoms. The number of rotatable bonds is 5. The maximum absolute atomic E-state index is 13.0. The highest BCUT2D eigenvalue weighted by Gasteiger charge is 2.19. The van der Waals surface area contributed by atoms with Crippen LogP contribution < -0.4 is 5.56 Å². The molecule has 3 aromatic rings. The number of nitro groups is 1. The van der Waals surface area contributed by atoms with Crippen molar-refractivity contribution in [3.8, 4) is 11.9 Å². The summed E-state index contributed by atoms with van der Waals surface area (Å²) < 4.78 is 1.03. The number of aryl methyl sites for hydroxylation is 1. The Hall–Kier alpha value is -4.39. The van der Waals surface area contributed by atoms with Crippen LogP contribution in [0.1, 0.15) is 22.3 Å². The first kappa shape index (κ1) is 20.3. The number of azo groups is 1. The molecular formula is C20H16N6O4. The number of pyridine rings is 2. The molecule has 150 valence electrons. The Morgan fingerprint density at radius 2 is 2.07 bits per heavy atom. The first-order valence-corrected chi connectivity index (χ1v) is 8.75. The van der Waals surface area contributed by atoms with Gasteiger partial charge in [-0.2, -0.15) is 10.4 Å². The molecule has 2 heterocycles. The Kier molecular flexibility index (Phi) is 5.64. The molecule has 0 amide bonds. The number of benzene rings is 1. The summed E-state index contributed by atoms with van der Waals surface area (Å²) in [5, 5.41) is 38.8. The Bertz CT molecular complexity index is 1260. The molecule has 10 nitrogen and oxygen atoms in total. The summed E-state index contributed by atoms with van der Waals surface area (Å²) in [5.41, 5.74) is 0.765. The van der Waals surface area contributed by atoms with E-state index in [-0.39, 0.29) is 29.0 Å². The number of hydrogen-bond donors (Lipinski definition) is 1. The summed E-state index contributed by atoms with van der Waals surface area (Å²) >= 11 is 0. The zero-order valence-corrected chi connectivity index (χ0v) is 16.1. The molecule has 30 heavy (non-hydrogen) atoms. The maximum Gasteiger partial charge on any atom is 0.281 e. The molecule has 0 aliphatic heterocycles. The van der Waals surface area contributed by atoms with Crippen molar-refractivity contribution in [2.24, 2.45) is 10.2 Å². The SMILES string of the molecule is Cc1cc([N+](=O)[O-])ccc1N=Nc1c(C)c(C#N)c(O)n(Cc2cccnc2)c1=O. The fourth-order valence-electron chi connectivity index (χ4n) is 2.85. The molecule has 0 aliphatic rings. The van der Waals surface area contributed by atoms with Crippen molar-refractivity contribution in [3.63, 3.8) is 0 Å². The molecule has 0 fully saturated rings. The van der Waals surface area contributed by atoms with Gasteiger partial charge in [-0.25, -0.2) is 0 Å². The van der Waals surface area contributed by atoms with Gasteiger partial charge in [0.05, 0.1) is 17.2 Å². The van der Waals surface area contributed by atoms with Gasteiger partial charge < -0.3 is 5.11 Å². The molecule has 2 aromatic heterocycles. The number of aromatic hydroxyl groups is 1. The van der Waals surface area contributed by atoms with Crippen LogP contribution in [-0.2, 0) is 6.54 Å². The van der Waals surface area contributed by atoms with Crippen molar-refractivity contribution in [1.29, 1.82) is 5.26 Å². The van der Waals surface area contributed by atoms with Crippen molar-refractivity contribution < 1.29 is 10.0 Å². The number of nitro benzene ring substituents is 1. The van der Waals surface area contributed by atoms with Gasteiger partial charge in [-0.15, -0.1) is 5.11 Å². The van der Waals surface area contributed by atoms with Crippen LogP contribution in [0, 0.1) is 35.3 Å². The van der Waals surface area contributed by atoms with Crippen LogP contribution in [0.4, 0.5) is 17.1 Å². The minimum absolute atomic E-state index is 0.00739. The minimum Gasteiger partial charge on any atom is -0.493 e. The summed E-state index contributed by atoms with van der Waals surface area (Å²) in [4.78, 5) is 27.3. The van der Waals surface area contributed by atoms with E-state index in [4.69, 9.17) is 0 Å². The number of hydrogen-bond acceptors (Lipinski definition) is 8. The summed E-state index contributed by atoms with van der Waals surface area (Å²) in [7, 11) is 0. The molecule has 0 atom stereocenters. The summed E-state index contributed by atoms with van der Waals surface area (Å²) in [6.45, 7) is 3.12. The maximum atomic E-state index is 13.0. The van der Waals surface area contributed by atoms with Gasteiger partial charge >= 0.3 is 0 Å². The fourth-order valence-corrected chi connectivity index (χ4v) is 2.85. The van der Waals surface area contributed by atoms with Gasteiger partial charge in [0, 0.05) is 30.1 Å². The smallest absolute Gasteiger partial charge is 0.281 e. The highest BCUT2D eigenvalue weighted by atomic mass is 16.6. The standard InChI is InChI=1S/C20H16N6O4/c1-12-8-15(26(29)30)5-6-17(12)23-24-18-13(2)16(9-21)19(27)25(20(18)28)11-14-4-3-7-22-10-14/h3-8,10,27H,11H2,1-2H3. The first-order valence-electron chi connectivity index (χ1n) is 8.75. The predicted molar refractivity (Wildman–Crippen MR) is 107 cm³/mol. The fraction of sp³-hybridized carbons (Fsp3) is 0.150. The predicted octanol–water partition coefficient (Wildman–Crippen LogP) is 3.81. The number of aromatic nitrogens is 2. The van der Waals surface area contributed by atoms with Crippen LogP contribution >= 0.6 is 0 Å². The summed E-state index contributed by atoms with van der Waals surface area (Å²) in [6.07, 6.45) is 3.12. The van der Waals surface area contributed by atoms with Crippen molar-refractivity contribution in [3.05, 3.63) is 85.4 Å². The second kappa shape index (κ2) is 8.32. The Labute approximate surface area is 170 Å². The van der Waals surface area contributed by atoms with E-state index in [1.165, 1.54) is 25.1 Å². The molecule has 0 saturated carbocycles. The number of nitrogens with zero attached hydrogens (tertiary/aromatic N) is 6. The van der Waals surface area contributed by atoms with E-state index in [1.807, 2.05) is 6.07 Å². The van der Waals surface area contributed by atoms with Gasteiger partial charge in [0.1, 0.15) is 11.6 Å². The van der Waals surface area contributed by atoms with Crippen LogP contribution in [0.3, 0.4) is 0 Å². The lowest BCUT2D eigenvalue weighted by molar-refractivity contribution is -0.384. The molecule has 3 rings (SSSR count). The van der Waals surface area contributed by atoms with Crippen LogP contribution in [0.2, 0.25) is 0 Å². The van der Waals surface area contributed by atoms with Crippen molar-refractivity contribution in [2.75, 3.05) is 0 Å². The highest BCUT2D eigenvalue weighted by Crippen LogP contribution is 2.29. The van der Waals surface area contributed by atoms with Crippen molar-refractivity contribution >= 4 is 17.1 Å². The average molecular weight is 404 g/mol. The van der Waals surface area contributed by atoms with Gasteiger partial charge in [0.25, 0.3) is 11.2 Å². The second-order valence-corrected chi connectivity index (χ2v) is 6.46. The lowest BCUT2D eigenvalue weighted by Gasteiger charge is -2.13. The summed E-state index contributed by atoms with van der Waals surface area (Å²) in [6, 6.07) is 9.36. The number of nitriles is 1. The third-order valence-corrected chi connectivity index (χ3v) is 4.48. The molecule has 0 radical (unpaired) electrons. The van der Waals surface area contributed by atoms with Crippen LogP contribution in [0.15, 0.2) is 57.7 Å². The van der Waals surface area contributed by atoms with Gasteiger partial charge in [0.15, 0.2) is 5.69 Å². The molecule has 0 bridgehead atoms. The van der Waals surface area contributed by atoms with Crippen molar-refractivity contribution in [2.45, 2.75) is 20.4 Å². The molecule has 10 heteroatoms. The van der Waals surface area contributed by atoms with E-state index in [1.54, 1.807) is 31.5 Å². The minimum atomic E-state index is -0.629. The second-order valence-electron chi connectivity index (χ2n) is 6.46. The van der Waals surface area contributed by atoms with E-state index >= 15 is 0 Å². The van der Waals surface area contributed by atoms with Gasteiger partial charge in [-0.1, -0.05) is 6.07 Å². The van der Waals surface area contributed by atoms with E-state index in [0.29, 0.717) is 16.8 Å². The third-order valence-electron chi connectivity index (χ3n) is 4.48. The van der Waals surface area contributed by atoms with Crippen LogP contribution in [0.25, 0.3) is 0 Å².